The molecule has 0 N–H and O–H groups in total. The van der Waals surface area contributed by atoms with Gasteiger partial charge in [-0.15, -0.1) is 0 Å². The molecule has 5 rings (SSSR count). The van der Waals surface area contributed by atoms with Crippen molar-refractivity contribution >= 4 is 11.2 Å². The van der Waals surface area contributed by atoms with Crippen molar-refractivity contribution in [3.8, 4) is 5.69 Å². The lowest BCUT2D eigenvalue weighted by molar-refractivity contribution is 0.474. The number of benzene rings is 2. The molecule has 0 radical (unpaired) electrons. The van der Waals surface area contributed by atoms with Crippen molar-refractivity contribution in [3.05, 3.63) is 92.9 Å². The highest BCUT2D eigenvalue weighted by molar-refractivity contribution is 5.72. The lowest BCUT2D eigenvalue weighted by Gasteiger charge is -2.17. The number of nitrogens with zero attached hydrogens (tertiary/aromatic N) is 4. The first-order chi connectivity index (χ1) is 15.1. The van der Waals surface area contributed by atoms with Gasteiger partial charge in [0.1, 0.15) is 11.6 Å². The van der Waals surface area contributed by atoms with Gasteiger partial charge in [-0.2, -0.15) is 0 Å². The topological polar surface area (TPSA) is 61.8 Å². The molecule has 1 saturated carbocycles. The summed E-state index contributed by atoms with van der Waals surface area (Å²) in [5.41, 5.74) is -0.186. The van der Waals surface area contributed by atoms with Gasteiger partial charge in [-0.05, 0) is 37.1 Å². The third-order valence-corrected chi connectivity index (χ3v) is 5.94. The van der Waals surface area contributed by atoms with Gasteiger partial charge in [0.05, 0.1) is 18.6 Å². The quantitative estimate of drug-likeness (QED) is 0.503. The minimum Gasteiger partial charge on any atom is -0.320 e. The molecule has 1 aliphatic carbocycles. The Bertz CT molecular complexity index is 1360. The maximum Gasteiger partial charge on any atom is 0.337 e. The molecule has 1 fully saturated rings. The molecule has 0 bridgehead atoms. The summed E-state index contributed by atoms with van der Waals surface area (Å²) in [4.78, 5) is 31.2. The summed E-state index contributed by atoms with van der Waals surface area (Å²) in [6.45, 7) is -0.206. The number of rotatable bonds is 4. The molecular weight excluding hydrogens is 402 g/mol. The average Bonchev–Trinajstić information content (AvgIpc) is 3.42. The predicted molar refractivity (Wildman–Crippen MR) is 113 cm³/mol. The molecule has 0 aliphatic heterocycles. The van der Waals surface area contributed by atoms with Gasteiger partial charge in [0.25, 0.3) is 5.56 Å². The molecule has 31 heavy (non-hydrogen) atoms. The minimum absolute atomic E-state index is 0.151. The molecule has 0 atom stereocenters. The number of imidazole rings is 1. The van der Waals surface area contributed by atoms with Crippen molar-refractivity contribution in [2.45, 2.75) is 38.3 Å². The molecule has 0 amide bonds. The van der Waals surface area contributed by atoms with Crippen LogP contribution in [0.25, 0.3) is 16.9 Å². The fourth-order valence-corrected chi connectivity index (χ4v) is 4.42. The number of aromatic nitrogens is 4. The van der Waals surface area contributed by atoms with Gasteiger partial charge in [-0.3, -0.25) is 9.36 Å². The molecule has 4 aromatic rings. The molecule has 1 aliphatic rings. The van der Waals surface area contributed by atoms with Crippen molar-refractivity contribution in [2.24, 2.45) is 0 Å². The van der Waals surface area contributed by atoms with Crippen LogP contribution in [0.2, 0.25) is 0 Å². The van der Waals surface area contributed by atoms with Crippen LogP contribution < -0.4 is 11.2 Å². The molecule has 8 heteroatoms. The highest BCUT2D eigenvalue weighted by atomic mass is 19.1. The zero-order valence-corrected chi connectivity index (χ0v) is 16.7. The standard InChI is InChI=1S/C23H20F2N4O2/c24-18-11-6-12-19(25)17(18)13-27-14-26-21-20(27)22(30)29(16-9-4-5-10-16)23(31)28(21)15-7-2-1-3-8-15/h1-3,6-8,11-12,14,16H,4-5,9-10,13H2. The van der Waals surface area contributed by atoms with E-state index in [2.05, 4.69) is 4.98 Å². The maximum absolute atomic E-state index is 14.3. The van der Waals surface area contributed by atoms with Crippen molar-refractivity contribution in [3.63, 3.8) is 0 Å². The smallest absolute Gasteiger partial charge is 0.320 e. The maximum atomic E-state index is 14.3. The minimum atomic E-state index is -0.700. The van der Waals surface area contributed by atoms with E-state index in [0.717, 1.165) is 25.7 Å². The summed E-state index contributed by atoms with van der Waals surface area (Å²) >= 11 is 0. The molecule has 0 saturated heterocycles. The van der Waals surface area contributed by atoms with Crippen LogP contribution >= 0.6 is 0 Å². The number of fused-ring (bicyclic) bond motifs is 1. The molecule has 0 spiro atoms. The van der Waals surface area contributed by atoms with Crippen LogP contribution in [-0.2, 0) is 6.54 Å². The van der Waals surface area contributed by atoms with Gasteiger partial charge in [-0.25, -0.2) is 23.1 Å². The van der Waals surface area contributed by atoms with Gasteiger partial charge in [-0.1, -0.05) is 37.1 Å². The van der Waals surface area contributed by atoms with Crippen LogP contribution in [0.5, 0.6) is 0 Å². The van der Waals surface area contributed by atoms with Crippen LogP contribution in [0.1, 0.15) is 37.3 Å². The van der Waals surface area contributed by atoms with Gasteiger partial charge in [0, 0.05) is 11.6 Å². The van der Waals surface area contributed by atoms with Gasteiger partial charge in [0.15, 0.2) is 11.2 Å². The van der Waals surface area contributed by atoms with Crippen molar-refractivity contribution < 1.29 is 8.78 Å². The fraction of sp³-hybridized carbons (Fsp3) is 0.261. The Labute approximate surface area is 176 Å². The van der Waals surface area contributed by atoms with E-state index >= 15 is 0 Å². The summed E-state index contributed by atoms with van der Waals surface area (Å²) in [5.74, 6) is -1.40. The van der Waals surface area contributed by atoms with Crippen molar-refractivity contribution in [1.29, 1.82) is 0 Å². The van der Waals surface area contributed by atoms with E-state index in [9.17, 15) is 18.4 Å². The van der Waals surface area contributed by atoms with E-state index in [1.165, 1.54) is 38.2 Å². The van der Waals surface area contributed by atoms with Gasteiger partial charge < -0.3 is 4.57 Å². The van der Waals surface area contributed by atoms with E-state index in [4.69, 9.17) is 0 Å². The summed E-state index contributed by atoms with van der Waals surface area (Å²) in [6, 6.07) is 12.4. The zero-order chi connectivity index (χ0) is 21.5. The number of hydrogen-bond acceptors (Lipinski definition) is 3. The van der Waals surface area contributed by atoms with E-state index in [1.54, 1.807) is 24.3 Å². The van der Waals surface area contributed by atoms with E-state index in [0.29, 0.717) is 5.69 Å². The van der Waals surface area contributed by atoms with Crippen LogP contribution in [0, 0.1) is 11.6 Å². The first-order valence-corrected chi connectivity index (χ1v) is 10.3. The third-order valence-electron chi connectivity index (χ3n) is 5.94. The SMILES string of the molecule is O=c1c2c(ncn2Cc2c(F)cccc2F)n(-c2ccccc2)c(=O)n1C1CCCC1. The summed E-state index contributed by atoms with van der Waals surface area (Å²) < 4.78 is 32.6. The first kappa shape index (κ1) is 19.4. The average molecular weight is 422 g/mol. The highest BCUT2D eigenvalue weighted by Gasteiger charge is 2.26. The lowest BCUT2D eigenvalue weighted by atomic mass is 10.2. The Morgan fingerprint density at radius 2 is 1.61 bits per heavy atom. The van der Waals surface area contributed by atoms with Crippen molar-refractivity contribution in [2.75, 3.05) is 0 Å². The van der Waals surface area contributed by atoms with Crippen LogP contribution in [-0.4, -0.2) is 18.7 Å². The second-order valence-corrected chi connectivity index (χ2v) is 7.81. The molecule has 0 unspecified atom stereocenters. The Morgan fingerprint density at radius 1 is 0.935 bits per heavy atom. The highest BCUT2D eigenvalue weighted by Crippen LogP contribution is 2.28. The molecule has 2 aromatic carbocycles. The number of hydrogen-bond donors (Lipinski definition) is 0. The first-order valence-electron chi connectivity index (χ1n) is 10.3. The monoisotopic (exact) mass is 422 g/mol. The van der Waals surface area contributed by atoms with Crippen LogP contribution in [0.15, 0.2) is 64.4 Å². The molecule has 158 valence electrons. The van der Waals surface area contributed by atoms with E-state index in [1.807, 2.05) is 6.07 Å². The van der Waals surface area contributed by atoms with Crippen molar-refractivity contribution in [1.82, 2.24) is 18.7 Å². The Balaban J connectivity index is 1.80. The second kappa shape index (κ2) is 7.61. The van der Waals surface area contributed by atoms with E-state index < -0.39 is 22.9 Å². The number of halogens is 2. The Kier molecular flexibility index (Phi) is 4.77. The van der Waals surface area contributed by atoms with Gasteiger partial charge in [0.2, 0.25) is 0 Å². The molecule has 2 aromatic heterocycles. The zero-order valence-electron chi connectivity index (χ0n) is 16.7. The Hall–Kier alpha value is -3.55. The van der Waals surface area contributed by atoms with Crippen LogP contribution in [0.3, 0.4) is 0 Å². The lowest BCUT2D eigenvalue weighted by Crippen LogP contribution is -2.41. The molecule has 2 heterocycles. The summed E-state index contributed by atoms with van der Waals surface area (Å²) in [5, 5.41) is 0. The van der Waals surface area contributed by atoms with Gasteiger partial charge >= 0.3 is 5.69 Å². The summed E-state index contributed by atoms with van der Waals surface area (Å²) in [6.07, 6.45) is 4.73. The molecular formula is C23H20F2N4O2. The summed E-state index contributed by atoms with van der Waals surface area (Å²) in [7, 11) is 0. The largest absolute Gasteiger partial charge is 0.337 e. The van der Waals surface area contributed by atoms with E-state index in [-0.39, 0.29) is 29.3 Å². The number of para-hydroxylation sites is 1. The molecule has 6 nitrogen and oxygen atoms in total. The second-order valence-electron chi connectivity index (χ2n) is 7.81. The predicted octanol–water partition coefficient (Wildman–Crippen LogP) is 3.79. The normalized spacial score (nSPS) is 14.5. The third kappa shape index (κ3) is 3.19. The Morgan fingerprint density at radius 3 is 2.29 bits per heavy atom. The van der Waals surface area contributed by atoms with Crippen LogP contribution in [0.4, 0.5) is 8.78 Å². The fourth-order valence-electron chi connectivity index (χ4n) is 4.42.